The van der Waals surface area contributed by atoms with E-state index in [1.165, 1.54) is 12.8 Å². The Hall–Kier alpha value is -3.19. The minimum atomic E-state index is -0.139. The number of aromatic amines is 1. The topological polar surface area (TPSA) is 78.8 Å². The van der Waals surface area contributed by atoms with E-state index in [0.29, 0.717) is 11.6 Å². The van der Waals surface area contributed by atoms with E-state index in [4.69, 9.17) is 4.98 Å². The van der Waals surface area contributed by atoms with Gasteiger partial charge in [0.15, 0.2) is 0 Å². The van der Waals surface area contributed by atoms with Crippen molar-refractivity contribution in [1.82, 2.24) is 24.6 Å². The largest absolute Gasteiger partial charge is 0.341 e. The second-order valence-electron chi connectivity index (χ2n) is 7.87. The number of fused-ring (bicyclic) bond motifs is 2. The molecule has 7 nitrogen and oxygen atoms in total. The lowest BCUT2D eigenvalue weighted by Gasteiger charge is -2.19. The fraction of sp³-hybridized carbons (Fsp3) is 0.318. The molecule has 0 radical (unpaired) electrons. The molecule has 0 unspecified atom stereocenters. The van der Waals surface area contributed by atoms with Gasteiger partial charge in [0, 0.05) is 29.7 Å². The Morgan fingerprint density at radius 3 is 3.00 bits per heavy atom. The van der Waals surface area contributed by atoms with Crippen molar-refractivity contribution in [2.45, 2.75) is 32.4 Å². The lowest BCUT2D eigenvalue weighted by Crippen LogP contribution is -2.26. The van der Waals surface area contributed by atoms with E-state index in [1.54, 1.807) is 6.20 Å². The summed E-state index contributed by atoms with van der Waals surface area (Å²) >= 11 is 0. The Labute approximate surface area is 168 Å². The van der Waals surface area contributed by atoms with Crippen LogP contribution in [0.1, 0.15) is 35.9 Å². The predicted octanol–water partition coefficient (Wildman–Crippen LogP) is 3.69. The number of carbonyl (C=O) groups is 1. The molecule has 29 heavy (non-hydrogen) atoms. The number of aryl methyl sites for hydroxylation is 1. The third-order valence-electron chi connectivity index (χ3n) is 5.84. The molecule has 1 atom stereocenters. The van der Waals surface area contributed by atoms with Crippen LogP contribution < -0.4 is 5.32 Å². The molecular formula is C22H24N6O. The molecule has 0 aliphatic carbocycles. The van der Waals surface area contributed by atoms with Gasteiger partial charge in [-0.15, -0.1) is 0 Å². The van der Waals surface area contributed by atoms with Crippen LogP contribution in [0.2, 0.25) is 0 Å². The van der Waals surface area contributed by atoms with E-state index in [9.17, 15) is 4.79 Å². The van der Waals surface area contributed by atoms with Crippen molar-refractivity contribution in [3.63, 3.8) is 0 Å². The molecule has 2 N–H and O–H groups in total. The number of H-pyrrole nitrogens is 1. The van der Waals surface area contributed by atoms with Gasteiger partial charge in [-0.05, 0) is 62.7 Å². The van der Waals surface area contributed by atoms with Crippen LogP contribution in [0.3, 0.4) is 0 Å². The number of likely N-dealkylation sites (tertiary alicyclic amines) is 1. The zero-order valence-electron chi connectivity index (χ0n) is 16.6. The number of hydrogen-bond acceptors (Lipinski definition) is 4. The number of benzene rings is 2. The number of amides is 1. The summed E-state index contributed by atoms with van der Waals surface area (Å²) in [6, 6.07) is 12.0. The van der Waals surface area contributed by atoms with Crippen LogP contribution in [0.25, 0.3) is 21.9 Å². The molecule has 1 amide bonds. The van der Waals surface area contributed by atoms with E-state index >= 15 is 0 Å². The molecular weight excluding hydrogens is 364 g/mol. The van der Waals surface area contributed by atoms with Crippen LogP contribution in [-0.2, 0) is 13.6 Å². The summed E-state index contributed by atoms with van der Waals surface area (Å²) in [4.78, 5) is 23.3. The number of nitrogens with one attached hydrogen (secondary N) is 2. The molecule has 1 aliphatic heterocycles. The van der Waals surface area contributed by atoms with E-state index in [2.05, 4.69) is 27.2 Å². The standard InChI is InChI=1S/C22H24N6O/c1-14-4-3-9-28(14)13-21-25-18-7-5-15(11-19(18)26-21)22(29)24-17-6-8-20-16(10-17)12-23-27(20)2/h5-8,10-12,14H,3-4,9,13H2,1-2H3,(H,24,29)(H,25,26)/t14-/m0/s1. The van der Waals surface area contributed by atoms with Crippen LogP contribution in [0.5, 0.6) is 0 Å². The number of carbonyl (C=O) groups excluding carboxylic acids is 1. The van der Waals surface area contributed by atoms with Crippen LogP contribution in [0, 0.1) is 0 Å². The fourth-order valence-electron chi connectivity index (χ4n) is 4.14. The van der Waals surface area contributed by atoms with Crippen LogP contribution in [-0.4, -0.2) is 43.1 Å². The third kappa shape index (κ3) is 3.38. The molecule has 4 aromatic rings. The Kier molecular flexibility index (Phi) is 4.32. The van der Waals surface area contributed by atoms with Gasteiger partial charge >= 0.3 is 0 Å². The van der Waals surface area contributed by atoms with Gasteiger partial charge in [-0.2, -0.15) is 5.10 Å². The van der Waals surface area contributed by atoms with Crippen molar-refractivity contribution < 1.29 is 4.79 Å². The average molecular weight is 388 g/mol. The number of aromatic nitrogens is 4. The number of imidazole rings is 1. The second-order valence-corrected chi connectivity index (χ2v) is 7.87. The van der Waals surface area contributed by atoms with Crippen LogP contribution >= 0.6 is 0 Å². The van der Waals surface area contributed by atoms with Gasteiger partial charge in [0.05, 0.1) is 29.3 Å². The highest BCUT2D eigenvalue weighted by atomic mass is 16.1. The Morgan fingerprint density at radius 2 is 2.17 bits per heavy atom. The molecule has 5 rings (SSSR count). The Morgan fingerprint density at radius 1 is 1.28 bits per heavy atom. The number of anilines is 1. The lowest BCUT2D eigenvalue weighted by molar-refractivity contribution is 0.102. The van der Waals surface area contributed by atoms with E-state index in [0.717, 1.165) is 46.5 Å². The fourth-order valence-corrected chi connectivity index (χ4v) is 4.14. The smallest absolute Gasteiger partial charge is 0.255 e. The summed E-state index contributed by atoms with van der Waals surface area (Å²) in [7, 11) is 1.90. The second kappa shape index (κ2) is 7.00. The van der Waals surface area contributed by atoms with Gasteiger partial charge in [-0.3, -0.25) is 14.4 Å². The highest BCUT2D eigenvalue weighted by Gasteiger charge is 2.21. The summed E-state index contributed by atoms with van der Waals surface area (Å²) in [5.41, 5.74) is 4.17. The molecule has 1 fully saturated rings. The first kappa shape index (κ1) is 17.9. The Balaban J connectivity index is 1.35. The van der Waals surface area contributed by atoms with Gasteiger partial charge in [0.1, 0.15) is 5.82 Å². The molecule has 1 aliphatic rings. The minimum Gasteiger partial charge on any atom is -0.341 e. The average Bonchev–Trinajstić information content (AvgIpc) is 3.40. The van der Waals surface area contributed by atoms with Gasteiger partial charge in [0.2, 0.25) is 0 Å². The maximum atomic E-state index is 12.8. The van der Waals surface area contributed by atoms with Gasteiger partial charge in [-0.1, -0.05) is 0 Å². The quantitative estimate of drug-likeness (QED) is 0.559. The first-order chi connectivity index (χ1) is 14.1. The van der Waals surface area contributed by atoms with Crippen molar-refractivity contribution >= 4 is 33.5 Å². The van der Waals surface area contributed by atoms with Gasteiger partial charge in [0.25, 0.3) is 5.91 Å². The van der Waals surface area contributed by atoms with Crippen molar-refractivity contribution in [1.29, 1.82) is 0 Å². The molecule has 0 saturated carbocycles. The van der Waals surface area contributed by atoms with Crippen molar-refractivity contribution in [2.24, 2.45) is 7.05 Å². The molecule has 148 valence electrons. The zero-order valence-corrected chi connectivity index (χ0v) is 16.6. The molecule has 2 aromatic carbocycles. The number of nitrogens with zero attached hydrogens (tertiary/aromatic N) is 4. The maximum absolute atomic E-state index is 12.8. The monoisotopic (exact) mass is 388 g/mol. The highest BCUT2D eigenvalue weighted by Crippen LogP contribution is 2.22. The number of hydrogen-bond donors (Lipinski definition) is 2. The summed E-state index contributed by atoms with van der Waals surface area (Å²) < 4.78 is 1.81. The van der Waals surface area contributed by atoms with Crippen molar-refractivity contribution in [3.8, 4) is 0 Å². The third-order valence-corrected chi connectivity index (χ3v) is 5.84. The van der Waals surface area contributed by atoms with E-state index in [1.807, 2.05) is 48.1 Å². The van der Waals surface area contributed by atoms with Gasteiger partial charge in [-0.25, -0.2) is 4.98 Å². The first-order valence-electron chi connectivity index (χ1n) is 10.0. The summed E-state index contributed by atoms with van der Waals surface area (Å²) in [6.07, 6.45) is 4.29. The van der Waals surface area contributed by atoms with E-state index in [-0.39, 0.29) is 5.91 Å². The van der Waals surface area contributed by atoms with Crippen LogP contribution in [0.4, 0.5) is 5.69 Å². The van der Waals surface area contributed by atoms with Crippen molar-refractivity contribution in [3.05, 3.63) is 54.0 Å². The molecule has 2 aromatic heterocycles. The molecule has 0 spiro atoms. The summed E-state index contributed by atoms with van der Waals surface area (Å²) in [6.45, 7) is 4.20. The molecule has 0 bridgehead atoms. The summed E-state index contributed by atoms with van der Waals surface area (Å²) in [5, 5.41) is 8.21. The van der Waals surface area contributed by atoms with E-state index < -0.39 is 0 Å². The van der Waals surface area contributed by atoms with Crippen molar-refractivity contribution in [2.75, 3.05) is 11.9 Å². The maximum Gasteiger partial charge on any atom is 0.255 e. The lowest BCUT2D eigenvalue weighted by atomic mass is 10.1. The molecule has 7 heteroatoms. The molecule has 1 saturated heterocycles. The Bertz CT molecular complexity index is 1210. The predicted molar refractivity (Wildman–Crippen MR) is 114 cm³/mol. The number of rotatable bonds is 4. The molecule has 3 heterocycles. The SMILES string of the molecule is C[C@H]1CCCN1Cc1nc2ccc(C(=O)Nc3ccc4c(cnn4C)c3)cc2[nH]1. The zero-order chi connectivity index (χ0) is 20.0. The normalized spacial score (nSPS) is 17.4. The van der Waals surface area contributed by atoms with Crippen LogP contribution in [0.15, 0.2) is 42.6 Å². The first-order valence-corrected chi connectivity index (χ1v) is 10.0. The summed E-state index contributed by atoms with van der Waals surface area (Å²) in [5.74, 6) is 0.813. The minimum absolute atomic E-state index is 0.139. The van der Waals surface area contributed by atoms with Gasteiger partial charge < -0.3 is 10.3 Å². The highest BCUT2D eigenvalue weighted by molar-refractivity contribution is 6.06.